The number of fused-ring (bicyclic) bond motifs is 1. The third-order valence-corrected chi connectivity index (χ3v) is 11.2. The summed E-state index contributed by atoms with van der Waals surface area (Å²) in [5.41, 5.74) is 16.7. The van der Waals surface area contributed by atoms with E-state index in [1.54, 1.807) is 12.1 Å². The number of phenolic OH excluding ortho intramolecular Hbond substituents is 1. The fraction of sp³-hybridized carbons (Fsp3) is 0. The number of sulfonamides is 1. The Hall–Kier alpha value is -7.45. The van der Waals surface area contributed by atoms with Crippen LogP contribution in [0.4, 0.5) is 62.6 Å². The first-order valence-corrected chi connectivity index (χ1v) is 20.5. The van der Waals surface area contributed by atoms with Crippen molar-refractivity contribution in [2.24, 2.45) is 30.7 Å². The van der Waals surface area contributed by atoms with Crippen molar-refractivity contribution in [2.75, 3.05) is 21.9 Å². The van der Waals surface area contributed by atoms with Gasteiger partial charge in [-0.2, -0.15) is 23.8 Å². The Morgan fingerprint density at radius 3 is 1.71 bits per heavy atom. The molecular weight excluding hydrogens is 835 g/mol. The van der Waals surface area contributed by atoms with Crippen LogP contribution in [0.2, 0.25) is 0 Å². The van der Waals surface area contributed by atoms with Gasteiger partial charge in [0.15, 0.2) is 5.75 Å². The van der Waals surface area contributed by atoms with E-state index in [0.29, 0.717) is 34.9 Å². The van der Waals surface area contributed by atoms with E-state index in [2.05, 4.69) is 35.4 Å². The van der Waals surface area contributed by atoms with Crippen LogP contribution >= 0.6 is 0 Å². The van der Waals surface area contributed by atoms with Gasteiger partial charge in [0.05, 0.1) is 48.5 Å². The number of benzene rings is 6. The highest BCUT2D eigenvalue weighted by molar-refractivity contribution is 7.92. The Morgan fingerprint density at radius 2 is 1.17 bits per heavy atom. The number of anilines is 4. The molecule has 0 saturated heterocycles. The van der Waals surface area contributed by atoms with E-state index in [9.17, 15) is 49.6 Å². The normalized spacial score (nSPS) is 12.5. The summed E-state index contributed by atoms with van der Waals surface area (Å²) in [7, 11) is -14.8. The van der Waals surface area contributed by atoms with Gasteiger partial charge in [0.25, 0.3) is 25.8 Å². The molecule has 0 radical (unpaired) electrons. The minimum atomic E-state index is -5.40. The van der Waals surface area contributed by atoms with Gasteiger partial charge >= 0.3 is 0 Å². The molecule has 9 N–H and O–H groups in total. The molecule has 0 aliphatic rings. The van der Waals surface area contributed by atoms with Crippen LogP contribution in [0.3, 0.4) is 0 Å². The topological polar surface area (TPSA) is 373 Å². The molecule has 0 aliphatic heterocycles. The average Bonchev–Trinajstić information content (AvgIpc) is 3.16. The number of nitrogens with two attached hydrogens (primary N) is 3. The monoisotopic (exact) mass is 860 g/mol. The van der Waals surface area contributed by atoms with Crippen LogP contribution in [0.5, 0.6) is 5.75 Å². The molecule has 0 spiro atoms. The van der Waals surface area contributed by atoms with Gasteiger partial charge in [0.1, 0.15) is 32.1 Å². The smallest absolute Gasteiger partial charge is 0.296 e. The number of nitrogens with one attached hydrogen (secondary N) is 1. The van der Waals surface area contributed by atoms with Crippen molar-refractivity contribution < 1.29 is 44.4 Å². The molecule has 0 fully saturated rings. The van der Waals surface area contributed by atoms with Crippen molar-refractivity contribution in [3.8, 4) is 5.75 Å². The van der Waals surface area contributed by atoms with Crippen molar-refractivity contribution in [3.05, 3.63) is 113 Å². The molecule has 59 heavy (non-hydrogen) atoms. The van der Waals surface area contributed by atoms with Crippen LogP contribution in [-0.2, 0) is 30.3 Å². The molecule has 6 rings (SSSR count). The number of phenols is 1. The van der Waals surface area contributed by atoms with Crippen LogP contribution in [0.1, 0.15) is 0 Å². The SMILES string of the molecule is Nc1ccc(N=Nc2ccc(NS(=O)(=O)c3ccc(N=Nc4c(S(=O)(=O)O)cc5cc(S(=O)(=O)[O-])c(N=Nc6ccc([N+](=O)[O-])cc6)c(N)c5c4O)cc3)cc2)c(N)c1. The number of non-ortho nitro benzene ring substituents is 1. The third kappa shape index (κ3) is 9.24. The number of azo groups is 3. The highest BCUT2D eigenvalue weighted by atomic mass is 32.2. The molecule has 0 aromatic heterocycles. The Bertz CT molecular complexity index is 3090. The van der Waals surface area contributed by atoms with Gasteiger partial charge in [-0.1, -0.05) is 0 Å². The number of rotatable bonds is 12. The maximum absolute atomic E-state index is 13.1. The van der Waals surface area contributed by atoms with Gasteiger partial charge in [-0.05, 0) is 96.4 Å². The third-order valence-electron chi connectivity index (χ3n) is 8.04. The van der Waals surface area contributed by atoms with Crippen LogP contribution in [0.15, 0.2) is 149 Å². The number of nitro groups is 1. The summed E-state index contributed by atoms with van der Waals surface area (Å²) in [6, 6.07) is 21.1. The molecule has 22 nitrogen and oxygen atoms in total. The van der Waals surface area contributed by atoms with E-state index in [0.717, 1.165) is 36.4 Å². The summed E-state index contributed by atoms with van der Waals surface area (Å²) in [5.74, 6) is -1.05. The summed E-state index contributed by atoms with van der Waals surface area (Å²) >= 11 is 0. The van der Waals surface area contributed by atoms with Crippen LogP contribution in [0.25, 0.3) is 10.8 Å². The zero-order chi connectivity index (χ0) is 42.9. The van der Waals surface area contributed by atoms with Crippen LogP contribution < -0.4 is 21.9 Å². The molecule has 0 amide bonds. The number of nitrogen functional groups attached to an aromatic ring is 3. The molecule has 0 aliphatic carbocycles. The number of nitrogens with zero attached hydrogens (tertiary/aromatic N) is 7. The van der Waals surface area contributed by atoms with Gasteiger partial charge in [-0.15, -0.1) is 15.3 Å². The van der Waals surface area contributed by atoms with Gasteiger partial charge in [-0.25, -0.2) is 16.8 Å². The molecule has 0 saturated carbocycles. The fourth-order valence-corrected chi connectivity index (χ4v) is 7.61. The molecule has 0 heterocycles. The predicted octanol–water partition coefficient (Wildman–Crippen LogP) is 7.40. The maximum atomic E-state index is 13.1. The minimum absolute atomic E-state index is 0.0326. The van der Waals surface area contributed by atoms with Crippen molar-refractivity contribution in [2.45, 2.75) is 14.7 Å². The standard InChI is InChI=1S/C34H27N11O11S3/c35-19-1-14-27(26(36)17-19)41-38-20-2-4-23(5-3-20)44-57(49,50)25-12-8-22(9-13-25)40-43-33-29(59(54,55)56)16-18-15-28(58(51,52)53)32(31(37)30(18)34(33)46)42-39-21-6-10-24(11-7-21)45(47)48/h1-17,44,46H,35-37H2,(H,51,52,53)(H,54,55,56)/p-1. The first kappa shape index (κ1) is 41.2. The largest absolute Gasteiger partial charge is 0.744 e. The van der Waals surface area contributed by atoms with Crippen molar-refractivity contribution in [1.82, 2.24) is 0 Å². The highest BCUT2D eigenvalue weighted by Gasteiger charge is 2.26. The molecule has 6 aromatic rings. The lowest BCUT2D eigenvalue weighted by Crippen LogP contribution is -2.12. The second-order valence-corrected chi connectivity index (χ2v) is 16.5. The number of nitro benzene ring substituents is 1. The number of hydrogen-bond acceptors (Lipinski definition) is 19. The van der Waals surface area contributed by atoms with Crippen molar-refractivity contribution >= 4 is 104 Å². The van der Waals surface area contributed by atoms with Gasteiger partial charge in [0.2, 0.25) is 0 Å². The van der Waals surface area contributed by atoms with E-state index < -0.39 is 78.6 Å². The zero-order valence-electron chi connectivity index (χ0n) is 29.5. The Labute approximate surface area is 333 Å². The average molecular weight is 861 g/mol. The highest BCUT2D eigenvalue weighted by Crippen LogP contribution is 2.48. The quantitative estimate of drug-likeness (QED) is 0.0229. The summed E-state index contributed by atoms with van der Waals surface area (Å²) in [4.78, 5) is 7.89. The zero-order valence-corrected chi connectivity index (χ0v) is 31.9. The molecule has 25 heteroatoms. The molecule has 0 atom stereocenters. The molecule has 0 unspecified atom stereocenters. The van der Waals surface area contributed by atoms with Crippen LogP contribution in [0, 0.1) is 10.1 Å². The van der Waals surface area contributed by atoms with E-state index in [-0.39, 0.29) is 27.6 Å². The maximum Gasteiger partial charge on any atom is 0.296 e. The van der Waals surface area contributed by atoms with E-state index in [4.69, 9.17) is 17.2 Å². The fourth-order valence-electron chi connectivity index (χ4n) is 5.23. The Kier molecular flexibility index (Phi) is 11.1. The first-order valence-electron chi connectivity index (χ1n) is 16.1. The van der Waals surface area contributed by atoms with Crippen LogP contribution in [-0.4, -0.2) is 44.4 Å². The summed E-state index contributed by atoms with van der Waals surface area (Å²) in [6.45, 7) is 0. The molecular formula is C34H26N11O11S3-. The van der Waals surface area contributed by atoms with Gasteiger partial charge < -0.3 is 26.9 Å². The van der Waals surface area contributed by atoms with Gasteiger partial charge in [0, 0.05) is 23.5 Å². The predicted molar refractivity (Wildman–Crippen MR) is 212 cm³/mol. The number of aromatic hydroxyl groups is 1. The summed E-state index contributed by atoms with van der Waals surface area (Å²) in [6.07, 6.45) is 0. The molecule has 0 bridgehead atoms. The number of hydrogen-bond donors (Lipinski definition) is 6. The van der Waals surface area contributed by atoms with E-state index in [1.165, 1.54) is 42.5 Å². The first-order chi connectivity index (χ1) is 27.7. The summed E-state index contributed by atoms with van der Waals surface area (Å²) in [5, 5.41) is 44.6. The Balaban J connectivity index is 1.29. The lowest BCUT2D eigenvalue weighted by atomic mass is 10.1. The second kappa shape index (κ2) is 15.8. The Morgan fingerprint density at radius 1 is 0.644 bits per heavy atom. The second-order valence-electron chi connectivity index (χ2n) is 12.1. The van der Waals surface area contributed by atoms with E-state index in [1.807, 2.05) is 0 Å². The minimum Gasteiger partial charge on any atom is -0.744 e. The van der Waals surface area contributed by atoms with Crippen molar-refractivity contribution in [3.63, 3.8) is 0 Å². The molecule has 6 aromatic carbocycles. The van der Waals surface area contributed by atoms with E-state index >= 15 is 0 Å². The lowest BCUT2D eigenvalue weighted by Gasteiger charge is -2.16. The lowest BCUT2D eigenvalue weighted by molar-refractivity contribution is -0.384. The summed E-state index contributed by atoms with van der Waals surface area (Å²) < 4.78 is 100. The molecule has 302 valence electrons. The van der Waals surface area contributed by atoms with Crippen molar-refractivity contribution in [1.29, 1.82) is 0 Å². The van der Waals surface area contributed by atoms with Gasteiger partial charge in [-0.3, -0.25) is 19.4 Å².